The van der Waals surface area contributed by atoms with Crippen molar-refractivity contribution in [1.29, 1.82) is 0 Å². The van der Waals surface area contributed by atoms with Gasteiger partial charge in [-0.15, -0.1) is 0 Å². The predicted molar refractivity (Wildman–Crippen MR) is 66.6 cm³/mol. The minimum atomic E-state index is -0.124. The lowest BCUT2D eigenvalue weighted by molar-refractivity contribution is 0.551. The van der Waals surface area contributed by atoms with Crippen LogP contribution in [0.5, 0.6) is 0 Å². The highest BCUT2D eigenvalue weighted by Crippen LogP contribution is 2.66. The number of rotatable bonds is 0. The molecular weight excluding hydrogens is 527 g/mol. The standard InChI is InChI=1S/C4H2Br6/c5-1-2(6)4(9,10)3(1,7)8/h1-2H. The average molecular weight is 529 g/mol. The van der Waals surface area contributed by atoms with Gasteiger partial charge in [0, 0.05) is 0 Å². The maximum Gasteiger partial charge on any atom is 0.120 e. The molecule has 1 saturated carbocycles. The Labute approximate surface area is 110 Å². The van der Waals surface area contributed by atoms with E-state index in [0.717, 1.165) is 0 Å². The molecule has 1 fully saturated rings. The van der Waals surface area contributed by atoms with E-state index in [9.17, 15) is 0 Å². The Bertz CT molecular complexity index is 134. The zero-order valence-electron chi connectivity index (χ0n) is 4.42. The summed E-state index contributed by atoms with van der Waals surface area (Å²) in [6.07, 6.45) is 0. The molecule has 0 N–H and O–H groups in total. The van der Waals surface area contributed by atoms with Gasteiger partial charge in [-0.05, 0) is 0 Å². The first-order valence-corrected chi connectivity index (χ1v) is 7.36. The lowest BCUT2D eigenvalue weighted by atomic mass is 9.99. The third kappa shape index (κ3) is 1.37. The monoisotopic (exact) mass is 524 g/mol. The van der Waals surface area contributed by atoms with E-state index < -0.39 is 0 Å². The minimum absolute atomic E-state index is 0.124. The molecule has 2 atom stereocenters. The van der Waals surface area contributed by atoms with E-state index in [2.05, 4.69) is 95.6 Å². The highest BCUT2D eigenvalue weighted by molar-refractivity contribution is 9.31. The molecule has 0 nitrogen and oxygen atoms in total. The largest absolute Gasteiger partial charge is 0.120 e. The molecule has 0 spiro atoms. The Kier molecular flexibility index (Phi) is 3.53. The van der Waals surface area contributed by atoms with Gasteiger partial charge in [-0.1, -0.05) is 95.6 Å². The second-order valence-corrected chi connectivity index (χ2v) is 11.2. The van der Waals surface area contributed by atoms with Crippen LogP contribution in [-0.2, 0) is 0 Å². The fourth-order valence-corrected chi connectivity index (χ4v) is 6.85. The van der Waals surface area contributed by atoms with Crippen LogP contribution >= 0.6 is 95.6 Å². The summed E-state index contributed by atoms with van der Waals surface area (Å²) in [5.74, 6) is 0. The SMILES string of the molecule is BrC1C(Br)C(Br)(Br)C1(Br)Br. The molecule has 6 heteroatoms. The van der Waals surface area contributed by atoms with Gasteiger partial charge in [-0.3, -0.25) is 0 Å². The van der Waals surface area contributed by atoms with Gasteiger partial charge in [0.05, 0.1) is 9.65 Å². The number of halogens is 6. The summed E-state index contributed by atoms with van der Waals surface area (Å²) in [5, 5.41) is 0. The fourth-order valence-electron chi connectivity index (χ4n) is 0.639. The lowest BCUT2D eigenvalue weighted by Crippen LogP contribution is -2.64. The molecule has 0 aromatic heterocycles. The number of hydrogen-bond acceptors (Lipinski definition) is 0. The molecule has 0 amide bonds. The van der Waals surface area contributed by atoms with Crippen molar-refractivity contribution in [3.8, 4) is 0 Å². The van der Waals surface area contributed by atoms with Gasteiger partial charge in [-0.2, -0.15) is 0 Å². The van der Waals surface area contributed by atoms with E-state index in [1.54, 1.807) is 0 Å². The van der Waals surface area contributed by atoms with Crippen LogP contribution in [0.3, 0.4) is 0 Å². The van der Waals surface area contributed by atoms with Crippen molar-refractivity contribution in [1.82, 2.24) is 0 Å². The molecule has 10 heavy (non-hydrogen) atoms. The zero-order valence-corrected chi connectivity index (χ0v) is 13.9. The van der Waals surface area contributed by atoms with Crippen molar-refractivity contribution >= 4 is 95.6 Å². The van der Waals surface area contributed by atoms with Crippen LogP contribution in [0.4, 0.5) is 0 Å². The number of hydrogen-bond donors (Lipinski definition) is 0. The van der Waals surface area contributed by atoms with Crippen LogP contribution < -0.4 is 0 Å². The topological polar surface area (TPSA) is 0 Å². The summed E-state index contributed by atoms with van der Waals surface area (Å²) < 4.78 is -0.248. The van der Waals surface area contributed by atoms with Crippen LogP contribution in [0.2, 0.25) is 0 Å². The maximum atomic E-state index is 3.54. The molecule has 0 heterocycles. The Hall–Kier alpha value is 2.88. The molecule has 1 aliphatic rings. The molecule has 0 aromatic carbocycles. The average Bonchev–Trinajstić information content (AvgIpc) is 1.84. The van der Waals surface area contributed by atoms with Crippen molar-refractivity contribution in [2.75, 3.05) is 0 Å². The zero-order chi connectivity index (χ0) is 8.15. The van der Waals surface area contributed by atoms with Crippen molar-refractivity contribution in [2.45, 2.75) is 16.1 Å². The van der Waals surface area contributed by atoms with E-state index >= 15 is 0 Å². The smallest absolute Gasteiger partial charge is 0.0852 e. The first kappa shape index (κ1) is 11.0. The second-order valence-electron chi connectivity index (χ2n) is 2.05. The Morgan fingerprint density at radius 1 is 0.700 bits per heavy atom. The molecule has 0 aromatic rings. The Balaban J connectivity index is 2.82. The molecule has 0 aliphatic heterocycles. The highest BCUT2D eigenvalue weighted by Gasteiger charge is 2.66. The molecule has 60 valence electrons. The van der Waals surface area contributed by atoms with Crippen LogP contribution in [0.15, 0.2) is 0 Å². The third-order valence-corrected chi connectivity index (χ3v) is 13.6. The van der Waals surface area contributed by atoms with E-state index in [-0.39, 0.29) is 6.47 Å². The Morgan fingerprint density at radius 3 is 1.00 bits per heavy atom. The molecule has 2 unspecified atom stereocenters. The first-order chi connectivity index (χ1) is 4.32. The van der Waals surface area contributed by atoms with Crippen molar-refractivity contribution in [3.05, 3.63) is 0 Å². The summed E-state index contributed by atoms with van der Waals surface area (Å²) in [5.41, 5.74) is 0. The summed E-state index contributed by atoms with van der Waals surface area (Å²) in [7, 11) is 0. The number of alkyl halides is 6. The normalized spacial score (nSPS) is 42.6. The van der Waals surface area contributed by atoms with Crippen LogP contribution in [0.1, 0.15) is 0 Å². The Morgan fingerprint density at radius 2 is 0.900 bits per heavy atom. The van der Waals surface area contributed by atoms with Gasteiger partial charge in [0.25, 0.3) is 0 Å². The lowest BCUT2D eigenvalue weighted by Gasteiger charge is -2.53. The quantitative estimate of drug-likeness (QED) is 0.406. The summed E-state index contributed by atoms with van der Waals surface area (Å²) >= 11 is 21.2. The molecular formula is C4H2Br6. The van der Waals surface area contributed by atoms with Gasteiger partial charge in [-0.25, -0.2) is 0 Å². The van der Waals surface area contributed by atoms with Gasteiger partial charge < -0.3 is 0 Å². The summed E-state index contributed by atoms with van der Waals surface area (Å²) in [4.78, 5) is 0.720. The fraction of sp³-hybridized carbons (Fsp3) is 1.00. The van der Waals surface area contributed by atoms with Crippen LogP contribution in [-0.4, -0.2) is 16.1 Å². The van der Waals surface area contributed by atoms with Gasteiger partial charge >= 0.3 is 0 Å². The third-order valence-electron chi connectivity index (χ3n) is 1.39. The minimum Gasteiger partial charge on any atom is -0.0852 e. The van der Waals surface area contributed by atoms with E-state index in [0.29, 0.717) is 9.65 Å². The van der Waals surface area contributed by atoms with E-state index in [1.165, 1.54) is 0 Å². The second kappa shape index (κ2) is 3.23. The molecule has 0 bridgehead atoms. The maximum absolute atomic E-state index is 3.54. The van der Waals surface area contributed by atoms with Crippen molar-refractivity contribution < 1.29 is 0 Å². The predicted octanol–water partition coefficient (Wildman–Crippen LogP) is 4.50. The molecule has 1 aliphatic carbocycles. The van der Waals surface area contributed by atoms with Crippen molar-refractivity contribution in [3.63, 3.8) is 0 Å². The van der Waals surface area contributed by atoms with Crippen LogP contribution in [0.25, 0.3) is 0 Å². The molecule has 1 rings (SSSR count). The highest BCUT2D eigenvalue weighted by atomic mass is 79.9. The first-order valence-electron chi connectivity index (χ1n) is 2.35. The van der Waals surface area contributed by atoms with E-state index in [4.69, 9.17) is 0 Å². The van der Waals surface area contributed by atoms with E-state index in [1.807, 2.05) is 0 Å². The summed E-state index contributed by atoms with van der Waals surface area (Å²) in [6.45, 7) is 0. The van der Waals surface area contributed by atoms with Gasteiger partial charge in [0.2, 0.25) is 0 Å². The van der Waals surface area contributed by atoms with Crippen LogP contribution in [0, 0.1) is 0 Å². The van der Waals surface area contributed by atoms with Gasteiger partial charge in [0.15, 0.2) is 0 Å². The molecule has 0 radical (unpaired) electrons. The summed E-state index contributed by atoms with van der Waals surface area (Å²) in [6, 6.07) is 0. The molecule has 0 saturated heterocycles. The van der Waals surface area contributed by atoms with Crippen molar-refractivity contribution in [2.24, 2.45) is 0 Å². The van der Waals surface area contributed by atoms with Gasteiger partial charge in [0.1, 0.15) is 6.47 Å².